The molecule has 0 radical (unpaired) electrons. The molecule has 2 aromatic carbocycles. The summed E-state index contributed by atoms with van der Waals surface area (Å²) in [5, 5.41) is 4.53. The minimum atomic E-state index is -0.605. The number of methoxy groups -OCH3 is 1. The first-order chi connectivity index (χ1) is 21.2. The number of benzene rings is 2. The maximum Gasteiger partial charge on any atom is 0.305 e. The van der Waals surface area contributed by atoms with Crippen LogP contribution < -0.4 is 5.32 Å². The summed E-state index contributed by atoms with van der Waals surface area (Å²) in [6.07, 6.45) is 9.13. The van der Waals surface area contributed by atoms with Gasteiger partial charge >= 0.3 is 5.97 Å². The number of carbonyl (C=O) groups is 3. The Bertz CT molecular complexity index is 1740. The quantitative estimate of drug-likeness (QED) is 0.213. The van der Waals surface area contributed by atoms with E-state index in [2.05, 4.69) is 10.3 Å². The van der Waals surface area contributed by atoms with E-state index in [1.54, 1.807) is 12.4 Å². The third kappa shape index (κ3) is 5.97. The van der Waals surface area contributed by atoms with E-state index in [4.69, 9.17) is 16.3 Å². The molecule has 2 aliphatic rings. The van der Waals surface area contributed by atoms with Crippen LogP contribution >= 0.6 is 22.9 Å². The molecule has 4 aromatic rings. The molecular weight excluding hydrogens is 603 g/mol. The number of esters is 1. The summed E-state index contributed by atoms with van der Waals surface area (Å²) in [5.74, 6) is -1.07. The van der Waals surface area contributed by atoms with Gasteiger partial charge in [0.2, 0.25) is 5.91 Å². The minimum Gasteiger partial charge on any atom is -0.469 e. The maximum atomic E-state index is 15.5. The Labute approximate surface area is 264 Å². The standard InChI is InChI=1S/C33H34ClFN4O4S/c1-38-18-23(22-8-4-6-10-28(22)38)32(42)37-26-16-25(35)20(13-24(26)34)15-30(40)39-27-9-5-3-7-19(27)14-29(39)33-36-17-21(44-33)11-12-31(41)43-2/h4,6,8,10,13,16-19,27,29H,3,5,7,9,11-12,14-15H2,1-2H3,(H,37,42)/t19-,27-,29-/m0/s1. The average Bonchev–Trinajstić information content (AvgIpc) is 3.74. The monoisotopic (exact) mass is 636 g/mol. The van der Waals surface area contributed by atoms with Gasteiger partial charge in [-0.25, -0.2) is 9.37 Å². The van der Waals surface area contributed by atoms with Crippen LogP contribution in [0.25, 0.3) is 10.9 Å². The fourth-order valence-corrected chi connectivity index (χ4v) is 8.01. The number of nitrogens with zero attached hydrogens (tertiary/aromatic N) is 3. The molecule has 1 saturated carbocycles. The fourth-order valence-electron chi connectivity index (χ4n) is 6.74. The van der Waals surface area contributed by atoms with Crippen molar-refractivity contribution in [1.82, 2.24) is 14.5 Å². The second-order valence-corrected chi connectivity index (χ2v) is 13.2. The summed E-state index contributed by atoms with van der Waals surface area (Å²) in [5.41, 5.74) is 1.68. The number of likely N-dealkylation sites (tertiary alicyclic amines) is 1. The Kier molecular flexibility index (Phi) is 8.73. The summed E-state index contributed by atoms with van der Waals surface area (Å²) in [6.45, 7) is 0. The molecule has 1 aliphatic heterocycles. The Morgan fingerprint density at radius 1 is 1.18 bits per heavy atom. The number of rotatable bonds is 8. The van der Waals surface area contributed by atoms with Gasteiger partial charge in [0.15, 0.2) is 0 Å². The minimum absolute atomic E-state index is 0.0847. The van der Waals surface area contributed by atoms with Crippen molar-refractivity contribution in [2.24, 2.45) is 13.0 Å². The zero-order valence-corrected chi connectivity index (χ0v) is 26.2. The molecule has 0 unspecified atom stereocenters. The van der Waals surface area contributed by atoms with E-state index in [-0.39, 0.29) is 53.1 Å². The van der Waals surface area contributed by atoms with Crippen molar-refractivity contribution >= 4 is 57.3 Å². The number of thiazole rings is 1. The highest BCUT2D eigenvalue weighted by Gasteiger charge is 2.46. The summed E-state index contributed by atoms with van der Waals surface area (Å²) in [4.78, 5) is 46.2. The Morgan fingerprint density at radius 2 is 1.98 bits per heavy atom. The largest absolute Gasteiger partial charge is 0.469 e. The number of carbonyl (C=O) groups excluding carboxylic acids is 3. The molecule has 44 heavy (non-hydrogen) atoms. The second-order valence-electron chi connectivity index (χ2n) is 11.6. The van der Waals surface area contributed by atoms with Crippen molar-refractivity contribution in [2.75, 3.05) is 12.4 Å². The van der Waals surface area contributed by atoms with Gasteiger partial charge in [0.1, 0.15) is 10.8 Å². The van der Waals surface area contributed by atoms with Crippen LogP contribution in [0.15, 0.2) is 48.8 Å². The SMILES string of the molecule is COC(=O)CCc1cnc([C@@H]2C[C@@H]3CCCC[C@@H]3N2C(=O)Cc2cc(Cl)c(NC(=O)c3cn(C)c4ccccc34)cc2F)s1. The number of nitrogens with one attached hydrogen (secondary N) is 1. The average molecular weight is 637 g/mol. The van der Waals surface area contributed by atoms with Crippen LogP contribution in [0.1, 0.15) is 70.4 Å². The number of para-hydroxylation sites is 1. The second kappa shape index (κ2) is 12.7. The number of ether oxygens (including phenoxy) is 1. The predicted molar refractivity (Wildman–Crippen MR) is 168 cm³/mol. The highest BCUT2D eigenvalue weighted by atomic mass is 35.5. The number of hydrogen-bond acceptors (Lipinski definition) is 6. The van der Waals surface area contributed by atoms with Crippen molar-refractivity contribution in [3.05, 3.63) is 80.6 Å². The molecule has 3 heterocycles. The number of halogens is 2. The highest BCUT2D eigenvalue weighted by Crippen LogP contribution is 2.47. The molecule has 2 aromatic heterocycles. The van der Waals surface area contributed by atoms with Crippen molar-refractivity contribution < 1.29 is 23.5 Å². The van der Waals surface area contributed by atoms with Crippen LogP contribution in [0.4, 0.5) is 10.1 Å². The number of fused-ring (bicyclic) bond motifs is 2. The lowest BCUT2D eigenvalue weighted by Gasteiger charge is -2.33. The van der Waals surface area contributed by atoms with Crippen LogP contribution in [0, 0.1) is 11.7 Å². The van der Waals surface area contributed by atoms with Crippen molar-refractivity contribution in [3.8, 4) is 0 Å². The first kappa shape index (κ1) is 30.3. The Balaban J connectivity index is 1.20. The number of hydrogen-bond donors (Lipinski definition) is 1. The van der Waals surface area contributed by atoms with Crippen LogP contribution in [0.5, 0.6) is 0 Å². The van der Waals surface area contributed by atoms with Crippen molar-refractivity contribution in [2.45, 2.75) is 63.5 Å². The number of anilines is 1. The van der Waals surface area contributed by atoms with Gasteiger partial charge in [-0.3, -0.25) is 14.4 Å². The normalized spacial score (nSPS) is 19.6. The molecule has 230 valence electrons. The van der Waals surface area contributed by atoms with Gasteiger partial charge in [-0.15, -0.1) is 11.3 Å². The molecule has 6 rings (SSSR count). The van der Waals surface area contributed by atoms with Gasteiger partial charge in [-0.2, -0.15) is 0 Å². The molecule has 2 fully saturated rings. The Hall–Kier alpha value is -3.76. The smallest absolute Gasteiger partial charge is 0.305 e. The molecule has 8 nitrogen and oxygen atoms in total. The van der Waals surface area contributed by atoms with Crippen LogP contribution in [0.3, 0.4) is 0 Å². The number of aryl methyl sites for hydroxylation is 2. The first-order valence-corrected chi connectivity index (χ1v) is 16.1. The van der Waals surface area contributed by atoms with Gasteiger partial charge in [-0.1, -0.05) is 42.6 Å². The summed E-state index contributed by atoms with van der Waals surface area (Å²) < 4.78 is 22.1. The summed E-state index contributed by atoms with van der Waals surface area (Å²) in [6, 6.07) is 10.1. The molecule has 0 spiro atoms. The highest BCUT2D eigenvalue weighted by molar-refractivity contribution is 7.11. The number of aromatic nitrogens is 2. The molecule has 3 atom stereocenters. The van der Waals surface area contributed by atoms with E-state index >= 15 is 4.39 Å². The molecule has 0 bridgehead atoms. The first-order valence-electron chi connectivity index (χ1n) is 14.9. The topological polar surface area (TPSA) is 93.5 Å². The lowest BCUT2D eigenvalue weighted by atomic mass is 9.84. The van der Waals surface area contributed by atoms with Gasteiger partial charge in [-0.05, 0) is 55.4 Å². The van der Waals surface area contributed by atoms with Gasteiger partial charge < -0.3 is 19.5 Å². The fraction of sp³-hybridized carbons (Fsp3) is 0.394. The van der Waals surface area contributed by atoms with Crippen molar-refractivity contribution in [3.63, 3.8) is 0 Å². The van der Waals surface area contributed by atoms with E-state index < -0.39 is 11.7 Å². The summed E-state index contributed by atoms with van der Waals surface area (Å²) in [7, 11) is 3.23. The molecule has 2 amide bonds. The van der Waals surface area contributed by atoms with Crippen LogP contribution in [-0.2, 0) is 34.2 Å². The predicted octanol–water partition coefficient (Wildman–Crippen LogP) is 6.86. The number of amides is 2. The van der Waals surface area contributed by atoms with Crippen molar-refractivity contribution in [1.29, 1.82) is 0 Å². The molecule has 1 N–H and O–H groups in total. The zero-order valence-electron chi connectivity index (χ0n) is 24.6. The van der Waals surface area contributed by atoms with Crippen LogP contribution in [-0.4, -0.2) is 45.4 Å². The molecule has 1 aliphatic carbocycles. The maximum absolute atomic E-state index is 15.5. The van der Waals surface area contributed by atoms with Gasteiger partial charge in [0.05, 0.1) is 42.3 Å². The molecule has 1 saturated heterocycles. The summed E-state index contributed by atoms with van der Waals surface area (Å²) >= 11 is 8.07. The molecule has 11 heteroatoms. The van der Waals surface area contributed by atoms with Gasteiger partial charge in [0.25, 0.3) is 5.91 Å². The van der Waals surface area contributed by atoms with E-state index in [0.29, 0.717) is 17.9 Å². The lowest BCUT2D eigenvalue weighted by Crippen LogP contribution is -2.41. The van der Waals surface area contributed by atoms with E-state index in [9.17, 15) is 14.4 Å². The van der Waals surface area contributed by atoms with E-state index in [0.717, 1.165) is 52.9 Å². The third-order valence-electron chi connectivity index (χ3n) is 8.90. The molecular formula is C33H34ClFN4O4S. The van der Waals surface area contributed by atoms with Crippen LogP contribution in [0.2, 0.25) is 5.02 Å². The van der Waals surface area contributed by atoms with Gasteiger partial charge in [0, 0.05) is 41.3 Å². The van der Waals surface area contributed by atoms with E-state index in [1.165, 1.54) is 30.6 Å². The lowest BCUT2D eigenvalue weighted by molar-refractivity contribution is -0.140. The third-order valence-corrected chi connectivity index (χ3v) is 10.4. The Morgan fingerprint density at radius 3 is 2.80 bits per heavy atom. The zero-order chi connectivity index (χ0) is 31.0. The van der Waals surface area contributed by atoms with E-state index in [1.807, 2.05) is 40.8 Å².